The van der Waals surface area contributed by atoms with Gasteiger partial charge < -0.3 is 15.5 Å². The third-order valence-electron chi connectivity index (χ3n) is 6.06. The minimum Gasteiger partial charge on any atom is -0.352 e. The first-order valence-corrected chi connectivity index (χ1v) is 11.6. The molecule has 2 aromatic carbocycles. The van der Waals surface area contributed by atoms with Crippen LogP contribution in [0.3, 0.4) is 0 Å². The van der Waals surface area contributed by atoms with E-state index in [-0.39, 0.29) is 23.8 Å². The second-order valence-electron chi connectivity index (χ2n) is 8.39. The Morgan fingerprint density at radius 1 is 1.09 bits per heavy atom. The van der Waals surface area contributed by atoms with Crippen molar-refractivity contribution in [3.05, 3.63) is 70.5 Å². The van der Waals surface area contributed by atoms with Crippen LogP contribution in [0.1, 0.15) is 53.8 Å². The van der Waals surface area contributed by atoms with Crippen LogP contribution in [0.2, 0.25) is 5.02 Å². The Labute approximate surface area is 198 Å². The van der Waals surface area contributed by atoms with Crippen molar-refractivity contribution in [1.82, 2.24) is 15.5 Å². The van der Waals surface area contributed by atoms with Crippen LogP contribution in [0.4, 0.5) is 4.39 Å². The van der Waals surface area contributed by atoms with Gasteiger partial charge in [-0.15, -0.1) is 0 Å². The largest absolute Gasteiger partial charge is 0.352 e. The van der Waals surface area contributed by atoms with Gasteiger partial charge in [0, 0.05) is 24.7 Å². The van der Waals surface area contributed by atoms with Gasteiger partial charge in [-0.1, -0.05) is 36.7 Å². The van der Waals surface area contributed by atoms with Crippen LogP contribution < -0.4 is 10.6 Å². The van der Waals surface area contributed by atoms with Gasteiger partial charge >= 0.3 is 0 Å². The van der Waals surface area contributed by atoms with Crippen LogP contribution in [0.15, 0.2) is 48.5 Å². The molecule has 1 aliphatic heterocycles. The highest BCUT2D eigenvalue weighted by molar-refractivity contribution is 6.33. The summed E-state index contributed by atoms with van der Waals surface area (Å²) in [7, 11) is 0. The normalized spacial score (nSPS) is 16.1. The summed E-state index contributed by atoms with van der Waals surface area (Å²) >= 11 is 6.17. The number of benzene rings is 2. The molecule has 1 heterocycles. The Bertz CT molecular complexity index is 1010. The first-order chi connectivity index (χ1) is 15.8. The topological polar surface area (TPSA) is 78.5 Å². The third-order valence-corrected chi connectivity index (χ3v) is 6.39. The van der Waals surface area contributed by atoms with Gasteiger partial charge in [-0.3, -0.25) is 14.4 Å². The summed E-state index contributed by atoms with van der Waals surface area (Å²) in [5.74, 6) is -1.52. The Morgan fingerprint density at radius 2 is 1.79 bits per heavy atom. The van der Waals surface area contributed by atoms with Gasteiger partial charge in [0.05, 0.1) is 10.6 Å². The van der Waals surface area contributed by atoms with E-state index in [1.165, 1.54) is 18.2 Å². The van der Waals surface area contributed by atoms with Gasteiger partial charge in [0.2, 0.25) is 5.91 Å². The fraction of sp³-hybridized carbons (Fsp3) is 0.400. The molecule has 176 valence electrons. The predicted octanol–water partition coefficient (Wildman–Crippen LogP) is 4.04. The van der Waals surface area contributed by atoms with Crippen LogP contribution in [-0.4, -0.2) is 47.8 Å². The fourth-order valence-electron chi connectivity index (χ4n) is 3.94. The maximum Gasteiger partial charge on any atom is 0.253 e. The molecule has 8 heteroatoms. The first kappa shape index (κ1) is 24.7. The van der Waals surface area contributed by atoms with Crippen molar-refractivity contribution in [2.75, 3.05) is 13.1 Å². The molecule has 0 bridgehead atoms. The molecule has 3 rings (SSSR count). The van der Waals surface area contributed by atoms with E-state index in [2.05, 4.69) is 10.6 Å². The van der Waals surface area contributed by atoms with Gasteiger partial charge in [-0.2, -0.15) is 0 Å². The Morgan fingerprint density at radius 3 is 2.42 bits per heavy atom. The van der Waals surface area contributed by atoms with Crippen molar-refractivity contribution < 1.29 is 18.8 Å². The number of carbonyl (C=O) groups is 3. The standard InChI is InChI=1S/C25H29ClFN3O3/c1-3-16(2)28-24(32)22(29-23(31)20-9-4-5-10-21(20)26)17-11-13-30(14-12-17)25(33)18-7-6-8-19(27)15-18/h4-10,15-17,22H,3,11-14H2,1-2H3,(H,28,32)(H,29,31)/t16-,22+/m0/s1. The molecule has 0 saturated carbocycles. The van der Waals surface area contributed by atoms with E-state index in [1.807, 2.05) is 13.8 Å². The maximum atomic E-state index is 13.5. The second-order valence-corrected chi connectivity index (χ2v) is 8.80. The molecule has 0 unspecified atom stereocenters. The monoisotopic (exact) mass is 473 g/mol. The SMILES string of the molecule is CC[C@H](C)NC(=O)[C@H](NC(=O)c1ccccc1Cl)C1CCN(C(=O)c2cccc(F)c2)CC1. The van der Waals surface area contributed by atoms with Crippen molar-refractivity contribution >= 4 is 29.3 Å². The lowest BCUT2D eigenvalue weighted by Crippen LogP contribution is -2.55. The average Bonchev–Trinajstić information content (AvgIpc) is 2.82. The molecular weight excluding hydrogens is 445 g/mol. The number of piperidine rings is 1. The van der Waals surface area contributed by atoms with Crippen molar-refractivity contribution in [1.29, 1.82) is 0 Å². The third kappa shape index (κ3) is 6.32. The van der Waals surface area contributed by atoms with E-state index >= 15 is 0 Å². The van der Waals surface area contributed by atoms with E-state index in [4.69, 9.17) is 11.6 Å². The van der Waals surface area contributed by atoms with Gasteiger partial charge in [0.15, 0.2) is 0 Å². The summed E-state index contributed by atoms with van der Waals surface area (Å²) in [5, 5.41) is 6.14. The quantitative estimate of drug-likeness (QED) is 0.637. The lowest BCUT2D eigenvalue weighted by Gasteiger charge is -2.36. The Hall–Kier alpha value is -2.93. The fourth-order valence-corrected chi connectivity index (χ4v) is 4.16. The smallest absolute Gasteiger partial charge is 0.253 e. The highest BCUT2D eigenvalue weighted by Crippen LogP contribution is 2.24. The molecule has 3 amide bonds. The molecule has 0 aromatic heterocycles. The van der Waals surface area contributed by atoms with E-state index in [0.29, 0.717) is 42.1 Å². The minimum atomic E-state index is -0.755. The molecule has 0 aliphatic carbocycles. The molecule has 2 aromatic rings. The van der Waals surface area contributed by atoms with E-state index in [1.54, 1.807) is 35.2 Å². The number of carbonyl (C=O) groups excluding carboxylic acids is 3. The molecule has 1 aliphatic rings. The summed E-state index contributed by atoms with van der Waals surface area (Å²) in [6.07, 6.45) is 1.82. The van der Waals surface area contributed by atoms with Gasteiger partial charge in [-0.25, -0.2) is 4.39 Å². The summed E-state index contributed by atoms with van der Waals surface area (Å²) in [6, 6.07) is 11.5. The number of amides is 3. The Kier molecular flexibility index (Phi) is 8.44. The molecule has 0 radical (unpaired) electrons. The zero-order chi connectivity index (χ0) is 24.0. The van der Waals surface area contributed by atoms with E-state index in [0.717, 1.165) is 6.42 Å². The van der Waals surface area contributed by atoms with Crippen molar-refractivity contribution in [2.45, 2.75) is 45.2 Å². The predicted molar refractivity (Wildman–Crippen MR) is 126 cm³/mol. The average molecular weight is 474 g/mol. The van der Waals surface area contributed by atoms with Crippen LogP contribution in [-0.2, 0) is 4.79 Å². The van der Waals surface area contributed by atoms with Crippen LogP contribution in [0.25, 0.3) is 0 Å². The molecule has 1 fully saturated rings. The number of nitrogens with one attached hydrogen (secondary N) is 2. The Balaban J connectivity index is 1.71. The molecule has 33 heavy (non-hydrogen) atoms. The lowest BCUT2D eigenvalue weighted by molar-refractivity contribution is -0.125. The zero-order valence-corrected chi connectivity index (χ0v) is 19.6. The summed E-state index contributed by atoms with van der Waals surface area (Å²) in [5.41, 5.74) is 0.603. The summed E-state index contributed by atoms with van der Waals surface area (Å²) < 4.78 is 13.5. The summed E-state index contributed by atoms with van der Waals surface area (Å²) in [4.78, 5) is 40.3. The van der Waals surface area contributed by atoms with Crippen molar-refractivity contribution in [3.63, 3.8) is 0 Å². The van der Waals surface area contributed by atoms with E-state index in [9.17, 15) is 18.8 Å². The van der Waals surface area contributed by atoms with Gasteiger partial charge in [0.25, 0.3) is 11.8 Å². The highest BCUT2D eigenvalue weighted by Gasteiger charge is 2.34. The molecular formula is C25H29ClFN3O3. The van der Waals surface area contributed by atoms with Crippen molar-refractivity contribution in [3.8, 4) is 0 Å². The second kappa shape index (κ2) is 11.3. The van der Waals surface area contributed by atoms with Gasteiger partial charge in [0.1, 0.15) is 11.9 Å². The number of rotatable bonds is 7. The first-order valence-electron chi connectivity index (χ1n) is 11.2. The molecule has 1 saturated heterocycles. The van der Waals surface area contributed by atoms with Crippen molar-refractivity contribution in [2.24, 2.45) is 5.92 Å². The highest BCUT2D eigenvalue weighted by atomic mass is 35.5. The van der Waals surface area contributed by atoms with Crippen LogP contribution in [0, 0.1) is 11.7 Å². The number of hydrogen-bond acceptors (Lipinski definition) is 3. The number of halogens is 2. The van der Waals surface area contributed by atoms with Crippen LogP contribution >= 0.6 is 11.6 Å². The molecule has 0 spiro atoms. The minimum absolute atomic E-state index is 0.0353. The lowest BCUT2D eigenvalue weighted by atomic mass is 9.88. The molecule has 6 nitrogen and oxygen atoms in total. The van der Waals surface area contributed by atoms with Gasteiger partial charge in [-0.05, 0) is 62.4 Å². The zero-order valence-electron chi connectivity index (χ0n) is 18.8. The number of nitrogens with zero attached hydrogens (tertiary/aromatic N) is 1. The number of hydrogen-bond donors (Lipinski definition) is 2. The summed E-state index contributed by atoms with van der Waals surface area (Å²) in [6.45, 7) is 4.70. The number of likely N-dealkylation sites (tertiary alicyclic amines) is 1. The molecule has 2 N–H and O–H groups in total. The maximum absolute atomic E-state index is 13.5. The molecule has 2 atom stereocenters. The van der Waals surface area contributed by atoms with E-state index < -0.39 is 17.8 Å². The van der Waals surface area contributed by atoms with Crippen LogP contribution in [0.5, 0.6) is 0 Å².